The average Bonchev–Trinajstić information content (AvgIpc) is 3.03. The van der Waals surface area contributed by atoms with Crippen LogP contribution in [0, 0.1) is 0 Å². The molecule has 0 saturated carbocycles. The van der Waals surface area contributed by atoms with E-state index in [4.69, 9.17) is 26.2 Å². The van der Waals surface area contributed by atoms with E-state index >= 15 is 0 Å². The molecule has 2 aliphatic rings. The molecule has 0 N–H and O–H groups in total. The summed E-state index contributed by atoms with van der Waals surface area (Å²) in [6.07, 6.45) is 3.16. The molecule has 3 heterocycles. The number of rotatable bonds is 13. The molecule has 0 radical (unpaired) electrons. The van der Waals surface area contributed by atoms with E-state index in [1.807, 2.05) is 48.5 Å². The molecule has 0 bridgehead atoms. The second-order valence-electron chi connectivity index (χ2n) is 10.9. The minimum absolute atomic E-state index is 0.0263. The van der Waals surface area contributed by atoms with Gasteiger partial charge in [-0.3, -0.25) is 14.6 Å². The van der Waals surface area contributed by atoms with Crippen LogP contribution in [0.15, 0.2) is 65.5 Å². The standard InChI is InChI=1S/C32H43ClN6O3/c1-41-29-11-5-6-12-30(29)42-26-25-36-19-23-38(24-20-36)31-13-14-32(40)39(34-31)16-8-2-7-15-35-17-21-37(22-18-35)28-10-4-3-9-27(28)33/h3-6,9-14H,2,7-8,15-26H2,1H3. The second kappa shape index (κ2) is 15.3. The van der Waals surface area contributed by atoms with E-state index in [0.29, 0.717) is 13.2 Å². The third kappa shape index (κ3) is 8.18. The van der Waals surface area contributed by atoms with Crippen molar-refractivity contribution in [1.82, 2.24) is 19.6 Å². The molecule has 0 atom stereocenters. The molecular formula is C32H43ClN6O3. The molecule has 2 aliphatic heterocycles. The van der Waals surface area contributed by atoms with Crippen molar-refractivity contribution in [1.29, 1.82) is 0 Å². The fraction of sp³-hybridized carbons (Fsp3) is 0.500. The fourth-order valence-electron chi connectivity index (χ4n) is 5.68. The van der Waals surface area contributed by atoms with Crippen LogP contribution in [-0.4, -0.2) is 98.7 Å². The van der Waals surface area contributed by atoms with Crippen molar-refractivity contribution in [3.05, 3.63) is 76.0 Å². The molecule has 9 nitrogen and oxygen atoms in total. The molecule has 226 valence electrons. The van der Waals surface area contributed by atoms with E-state index in [0.717, 1.165) is 113 Å². The summed E-state index contributed by atoms with van der Waals surface area (Å²) in [5, 5.41) is 5.55. The first-order valence-electron chi connectivity index (χ1n) is 15.1. The zero-order chi connectivity index (χ0) is 29.1. The number of aromatic nitrogens is 2. The lowest BCUT2D eigenvalue weighted by Crippen LogP contribution is -2.48. The van der Waals surface area contributed by atoms with E-state index in [9.17, 15) is 4.79 Å². The van der Waals surface area contributed by atoms with Crippen LogP contribution in [0.2, 0.25) is 5.02 Å². The SMILES string of the molecule is COc1ccccc1OCCN1CCN(c2ccc(=O)n(CCCCCN3CCN(c4ccccc4Cl)CC3)n2)CC1. The number of hydrogen-bond acceptors (Lipinski definition) is 8. The van der Waals surface area contributed by atoms with Gasteiger partial charge >= 0.3 is 0 Å². The van der Waals surface area contributed by atoms with Crippen molar-refractivity contribution in [2.75, 3.05) is 89.0 Å². The Balaban J connectivity index is 0.988. The van der Waals surface area contributed by atoms with Crippen LogP contribution in [0.25, 0.3) is 0 Å². The van der Waals surface area contributed by atoms with Crippen LogP contribution >= 0.6 is 11.6 Å². The number of piperazine rings is 2. The smallest absolute Gasteiger partial charge is 0.266 e. The highest BCUT2D eigenvalue weighted by atomic mass is 35.5. The molecule has 0 amide bonds. The number of nitrogens with zero attached hydrogens (tertiary/aromatic N) is 6. The maximum absolute atomic E-state index is 12.5. The molecule has 5 rings (SSSR count). The summed E-state index contributed by atoms with van der Waals surface area (Å²) < 4.78 is 13.0. The summed E-state index contributed by atoms with van der Waals surface area (Å²) in [6, 6.07) is 19.3. The van der Waals surface area contributed by atoms with Gasteiger partial charge in [-0.2, -0.15) is 5.10 Å². The van der Waals surface area contributed by atoms with Crippen LogP contribution in [0.4, 0.5) is 11.5 Å². The van der Waals surface area contributed by atoms with E-state index < -0.39 is 0 Å². The van der Waals surface area contributed by atoms with Gasteiger partial charge in [0.05, 0.1) is 17.8 Å². The number of methoxy groups -OCH3 is 1. The van der Waals surface area contributed by atoms with Crippen molar-refractivity contribution >= 4 is 23.1 Å². The Hall–Kier alpha value is -3.27. The van der Waals surface area contributed by atoms with Crippen LogP contribution in [0.1, 0.15) is 19.3 Å². The summed E-state index contributed by atoms with van der Waals surface area (Å²) in [4.78, 5) is 22.1. The second-order valence-corrected chi connectivity index (χ2v) is 11.3. The highest BCUT2D eigenvalue weighted by Gasteiger charge is 2.20. The normalized spacial score (nSPS) is 16.5. The van der Waals surface area contributed by atoms with Gasteiger partial charge in [-0.1, -0.05) is 42.3 Å². The van der Waals surface area contributed by atoms with Gasteiger partial charge < -0.3 is 19.3 Å². The van der Waals surface area contributed by atoms with E-state index in [1.54, 1.807) is 17.9 Å². The Bertz CT molecular complexity index is 1320. The molecule has 2 aromatic carbocycles. The van der Waals surface area contributed by atoms with Gasteiger partial charge in [-0.25, -0.2) is 4.68 Å². The topological polar surface area (TPSA) is 66.3 Å². The van der Waals surface area contributed by atoms with Gasteiger partial charge in [0.25, 0.3) is 5.56 Å². The number of ether oxygens (including phenoxy) is 2. The number of aryl methyl sites for hydroxylation is 1. The Morgan fingerprint density at radius 1 is 0.714 bits per heavy atom. The first-order chi connectivity index (χ1) is 20.6. The number of para-hydroxylation sites is 3. The van der Waals surface area contributed by atoms with Crippen molar-refractivity contribution in [2.24, 2.45) is 0 Å². The molecule has 3 aromatic rings. The Kier molecular flexibility index (Phi) is 11.0. The monoisotopic (exact) mass is 594 g/mol. The van der Waals surface area contributed by atoms with Gasteiger partial charge in [-0.15, -0.1) is 0 Å². The summed E-state index contributed by atoms with van der Waals surface area (Å²) in [6.45, 7) is 10.9. The lowest BCUT2D eigenvalue weighted by atomic mass is 10.2. The van der Waals surface area contributed by atoms with Gasteiger partial charge in [0.15, 0.2) is 11.5 Å². The molecule has 2 fully saturated rings. The lowest BCUT2D eigenvalue weighted by molar-refractivity contribution is 0.196. The number of hydrogen-bond donors (Lipinski definition) is 0. The highest BCUT2D eigenvalue weighted by molar-refractivity contribution is 6.33. The van der Waals surface area contributed by atoms with Crippen LogP contribution < -0.4 is 24.8 Å². The molecule has 1 aromatic heterocycles. The first kappa shape index (κ1) is 30.2. The Morgan fingerprint density at radius 2 is 1.36 bits per heavy atom. The predicted octanol–water partition coefficient (Wildman–Crippen LogP) is 4.10. The van der Waals surface area contributed by atoms with Gasteiger partial charge in [0.1, 0.15) is 12.4 Å². The zero-order valence-corrected chi connectivity index (χ0v) is 25.4. The van der Waals surface area contributed by atoms with Crippen LogP contribution in [0.3, 0.4) is 0 Å². The van der Waals surface area contributed by atoms with Crippen LogP contribution in [0.5, 0.6) is 11.5 Å². The lowest BCUT2D eigenvalue weighted by Gasteiger charge is -2.36. The molecule has 42 heavy (non-hydrogen) atoms. The number of unbranched alkanes of at least 4 members (excludes halogenated alkanes) is 2. The molecular weight excluding hydrogens is 552 g/mol. The maximum atomic E-state index is 12.5. The fourth-order valence-corrected chi connectivity index (χ4v) is 5.94. The summed E-state index contributed by atoms with van der Waals surface area (Å²) in [7, 11) is 1.66. The van der Waals surface area contributed by atoms with E-state index in [-0.39, 0.29) is 5.56 Å². The van der Waals surface area contributed by atoms with Crippen LogP contribution in [-0.2, 0) is 6.54 Å². The summed E-state index contributed by atoms with van der Waals surface area (Å²) in [5.41, 5.74) is 1.11. The number of anilines is 2. The minimum atomic E-state index is -0.0263. The van der Waals surface area contributed by atoms with Crippen molar-refractivity contribution in [2.45, 2.75) is 25.8 Å². The minimum Gasteiger partial charge on any atom is -0.493 e. The highest BCUT2D eigenvalue weighted by Crippen LogP contribution is 2.27. The molecule has 0 aliphatic carbocycles. The summed E-state index contributed by atoms with van der Waals surface area (Å²) >= 11 is 6.38. The largest absolute Gasteiger partial charge is 0.493 e. The third-order valence-corrected chi connectivity index (χ3v) is 8.51. The number of halogens is 1. The Morgan fingerprint density at radius 3 is 2.10 bits per heavy atom. The zero-order valence-electron chi connectivity index (χ0n) is 24.7. The van der Waals surface area contributed by atoms with Gasteiger partial charge in [-0.05, 0) is 49.7 Å². The molecule has 10 heteroatoms. The molecule has 0 spiro atoms. The van der Waals surface area contributed by atoms with Crippen molar-refractivity contribution in [3.63, 3.8) is 0 Å². The molecule has 0 unspecified atom stereocenters. The van der Waals surface area contributed by atoms with Crippen molar-refractivity contribution < 1.29 is 9.47 Å². The Labute approximate surface area is 254 Å². The third-order valence-electron chi connectivity index (χ3n) is 8.19. The predicted molar refractivity (Wildman–Crippen MR) is 170 cm³/mol. The van der Waals surface area contributed by atoms with E-state index in [2.05, 4.69) is 25.7 Å². The average molecular weight is 595 g/mol. The summed E-state index contributed by atoms with van der Waals surface area (Å²) in [5.74, 6) is 2.42. The van der Waals surface area contributed by atoms with Crippen molar-refractivity contribution in [3.8, 4) is 11.5 Å². The first-order valence-corrected chi connectivity index (χ1v) is 15.5. The maximum Gasteiger partial charge on any atom is 0.266 e. The van der Waals surface area contributed by atoms with Gasteiger partial charge in [0, 0.05) is 71.5 Å². The number of benzene rings is 2. The molecule has 2 saturated heterocycles. The van der Waals surface area contributed by atoms with Gasteiger partial charge in [0.2, 0.25) is 0 Å². The quantitative estimate of drug-likeness (QED) is 0.274. The van der Waals surface area contributed by atoms with E-state index in [1.165, 1.54) is 0 Å².